The maximum atomic E-state index is 13.1. The Morgan fingerprint density at radius 1 is 1.06 bits per heavy atom. The fourth-order valence-corrected chi connectivity index (χ4v) is 5.43. The molecule has 1 aromatic heterocycles. The number of nitrogens with one attached hydrogen (secondary N) is 1. The summed E-state index contributed by atoms with van der Waals surface area (Å²) in [7, 11) is 0. The van der Waals surface area contributed by atoms with Gasteiger partial charge in [0.25, 0.3) is 0 Å². The highest BCUT2D eigenvalue weighted by atomic mass is 32.2. The van der Waals surface area contributed by atoms with Gasteiger partial charge in [-0.1, -0.05) is 43.9 Å². The van der Waals surface area contributed by atoms with Crippen LogP contribution in [0.25, 0.3) is 0 Å². The van der Waals surface area contributed by atoms with Crippen LogP contribution in [0.4, 0.5) is 17.2 Å². The molecule has 1 N–H and O–H groups in total. The van der Waals surface area contributed by atoms with Crippen molar-refractivity contribution in [2.24, 2.45) is 0 Å². The SMILES string of the molecule is CCN(CC)c1nc(C)nc(SC)c1NC(=O)CCCN(c1ccccc1)C1CCCCCC1. The number of amides is 1. The fourth-order valence-electron chi connectivity index (χ4n) is 4.87. The van der Waals surface area contributed by atoms with Gasteiger partial charge in [0.15, 0.2) is 5.82 Å². The summed E-state index contributed by atoms with van der Waals surface area (Å²) in [5.74, 6) is 1.58. The second kappa shape index (κ2) is 13.6. The van der Waals surface area contributed by atoms with Crippen LogP contribution in [0.5, 0.6) is 0 Å². The van der Waals surface area contributed by atoms with E-state index in [0.29, 0.717) is 12.5 Å². The van der Waals surface area contributed by atoms with Gasteiger partial charge in [0.1, 0.15) is 16.5 Å². The van der Waals surface area contributed by atoms with E-state index in [0.717, 1.165) is 48.4 Å². The first-order valence-corrected chi connectivity index (χ1v) is 14.1. The summed E-state index contributed by atoms with van der Waals surface area (Å²) in [5.41, 5.74) is 2.02. The van der Waals surface area contributed by atoms with Crippen molar-refractivity contribution < 1.29 is 4.79 Å². The Morgan fingerprint density at radius 2 is 1.74 bits per heavy atom. The Balaban J connectivity index is 1.69. The van der Waals surface area contributed by atoms with Gasteiger partial charge in [-0.15, -0.1) is 11.8 Å². The van der Waals surface area contributed by atoms with Crippen LogP contribution in [-0.4, -0.2) is 47.8 Å². The van der Waals surface area contributed by atoms with Crippen LogP contribution in [0.3, 0.4) is 0 Å². The van der Waals surface area contributed by atoms with E-state index in [1.54, 1.807) is 11.8 Å². The minimum Gasteiger partial charge on any atom is -0.369 e. The third-order valence-corrected chi connectivity index (χ3v) is 7.33. The van der Waals surface area contributed by atoms with Crippen LogP contribution in [0.15, 0.2) is 35.4 Å². The van der Waals surface area contributed by atoms with Crippen LogP contribution in [0, 0.1) is 6.92 Å². The van der Waals surface area contributed by atoms with E-state index in [1.807, 2.05) is 13.2 Å². The van der Waals surface area contributed by atoms with Crippen molar-refractivity contribution in [1.29, 1.82) is 0 Å². The van der Waals surface area contributed by atoms with E-state index in [1.165, 1.54) is 44.2 Å². The van der Waals surface area contributed by atoms with Gasteiger partial charge < -0.3 is 15.1 Å². The lowest BCUT2D eigenvalue weighted by atomic mass is 10.1. The van der Waals surface area contributed by atoms with Crippen molar-refractivity contribution in [3.63, 3.8) is 0 Å². The summed E-state index contributed by atoms with van der Waals surface area (Å²) in [6.07, 6.45) is 11.1. The summed E-state index contributed by atoms with van der Waals surface area (Å²) in [5, 5.41) is 3.99. The van der Waals surface area contributed by atoms with Gasteiger partial charge in [0, 0.05) is 37.8 Å². The van der Waals surface area contributed by atoms with Gasteiger partial charge in [0.05, 0.1) is 0 Å². The topological polar surface area (TPSA) is 61.4 Å². The number of anilines is 3. The molecular weight excluding hydrogens is 442 g/mol. The molecule has 1 amide bonds. The maximum Gasteiger partial charge on any atom is 0.224 e. The summed E-state index contributed by atoms with van der Waals surface area (Å²) >= 11 is 1.55. The number of aromatic nitrogens is 2. The first-order chi connectivity index (χ1) is 16.6. The molecule has 7 heteroatoms. The molecule has 1 aromatic carbocycles. The molecule has 1 heterocycles. The summed E-state index contributed by atoms with van der Waals surface area (Å²) < 4.78 is 0. The number of carbonyl (C=O) groups is 1. The lowest BCUT2D eigenvalue weighted by molar-refractivity contribution is -0.116. The fraction of sp³-hybridized carbons (Fsp3) is 0.593. The van der Waals surface area contributed by atoms with Gasteiger partial charge in [-0.05, 0) is 58.4 Å². The van der Waals surface area contributed by atoms with Gasteiger partial charge >= 0.3 is 0 Å². The largest absolute Gasteiger partial charge is 0.369 e. The molecule has 1 fully saturated rings. The zero-order valence-corrected chi connectivity index (χ0v) is 22.2. The Labute approximate surface area is 209 Å². The third-order valence-electron chi connectivity index (χ3n) is 6.65. The van der Waals surface area contributed by atoms with Crippen molar-refractivity contribution in [3.8, 4) is 0 Å². The van der Waals surface area contributed by atoms with Gasteiger partial charge in [0.2, 0.25) is 5.91 Å². The zero-order chi connectivity index (χ0) is 24.3. The van der Waals surface area contributed by atoms with E-state index >= 15 is 0 Å². The van der Waals surface area contributed by atoms with Crippen molar-refractivity contribution in [2.75, 3.05) is 41.0 Å². The summed E-state index contributed by atoms with van der Waals surface area (Å²) in [6, 6.07) is 11.3. The van der Waals surface area contributed by atoms with E-state index in [4.69, 9.17) is 0 Å². The molecule has 1 aliphatic carbocycles. The van der Waals surface area contributed by atoms with Gasteiger partial charge in [-0.2, -0.15) is 0 Å². The van der Waals surface area contributed by atoms with E-state index in [-0.39, 0.29) is 5.91 Å². The van der Waals surface area contributed by atoms with Crippen LogP contribution in [0.1, 0.15) is 71.0 Å². The molecule has 0 atom stereocenters. The van der Waals surface area contributed by atoms with Crippen molar-refractivity contribution in [1.82, 2.24) is 9.97 Å². The van der Waals surface area contributed by atoms with Crippen LogP contribution in [0.2, 0.25) is 0 Å². The van der Waals surface area contributed by atoms with Gasteiger partial charge in [-0.3, -0.25) is 4.79 Å². The molecule has 1 aliphatic rings. The number of hydrogen-bond acceptors (Lipinski definition) is 6. The number of aryl methyl sites for hydroxylation is 1. The highest BCUT2D eigenvalue weighted by molar-refractivity contribution is 7.98. The van der Waals surface area contributed by atoms with Gasteiger partial charge in [-0.25, -0.2) is 9.97 Å². The molecule has 0 spiro atoms. The average molecular weight is 484 g/mol. The Hall–Kier alpha value is -2.28. The van der Waals surface area contributed by atoms with Crippen molar-refractivity contribution in [3.05, 3.63) is 36.2 Å². The Kier molecular flexibility index (Phi) is 10.5. The maximum absolute atomic E-state index is 13.1. The van der Waals surface area contributed by atoms with Crippen molar-refractivity contribution in [2.45, 2.75) is 83.2 Å². The van der Waals surface area contributed by atoms with Crippen LogP contribution in [-0.2, 0) is 4.79 Å². The molecule has 34 heavy (non-hydrogen) atoms. The number of benzene rings is 1. The molecule has 186 valence electrons. The predicted octanol–water partition coefficient (Wildman–Crippen LogP) is 6.30. The first kappa shape index (κ1) is 26.3. The van der Waals surface area contributed by atoms with Crippen LogP contribution >= 0.6 is 11.8 Å². The van der Waals surface area contributed by atoms with E-state index in [2.05, 4.69) is 69.3 Å². The lowest BCUT2D eigenvalue weighted by Gasteiger charge is -2.33. The van der Waals surface area contributed by atoms with Crippen molar-refractivity contribution >= 4 is 34.9 Å². The highest BCUT2D eigenvalue weighted by Crippen LogP contribution is 2.33. The average Bonchev–Trinajstić information content (AvgIpc) is 3.14. The van der Waals surface area contributed by atoms with E-state index in [9.17, 15) is 4.79 Å². The normalized spacial score (nSPS) is 14.5. The molecule has 0 unspecified atom stereocenters. The number of para-hydroxylation sites is 1. The zero-order valence-electron chi connectivity index (χ0n) is 21.3. The molecule has 0 bridgehead atoms. The molecule has 6 nitrogen and oxygen atoms in total. The molecule has 1 saturated carbocycles. The van der Waals surface area contributed by atoms with E-state index < -0.39 is 0 Å². The molecule has 0 saturated heterocycles. The second-order valence-corrected chi connectivity index (χ2v) is 9.77. The molecule has 0 radical (unpaired) electrons. The number of carbonyl (C=O) groups excluding carboxylic acids is 1. The monoisotopic (exact) mass is 483 g/mol. The summed E-state index contributed by atoms with van der Waals surface area (Å²) in [4.78, 5) is 27.0. The standard InChI is InChI=1S/C27H41N5OS/c1-5-31(6-2)26-25(27(34-4)29-21(3)28-26)30-24(33)19-14-20-32(23-17-12-9-13-18-23)22-15-10-7-8-11-16-22/h9,12-13,17-18,22H,5-8,10-11,14-16,19-20H2,1-4H3,(H,30,33). The third kappa shape index (κ3) is 7.11. The first-order valence-electron chi connectivity index (χ1n) is 12.9. The highest BCUT2D eigenvalue weighted by Gasteiger charge is 2.22. The smallest absolute Gasteiger partial charge is 0.224 e. The number of rotatable bonds is 11. The Bertz CT molecular complexity index is 895. The number of thioether (sulfide) groups is 1. The minimum atomic E-state index is 0.0324. The molecular formula is C27H41N5OS. The second-order valence-electron chi connectivity index (χ2n) is 8.98. The lowest BCUT2D eigenvalue weighted by Crippen LogP contribution is -2.36. The number of nitrogens with zero attached hydrogens (tertiary/aromatic N) is 4. The minimum absolute atomic E-state index is 0.0324. The predicted molar refractivity (Wildman–Crippen MR) is 145 cm³/mol. The summed E-state index contributed by atoms with van der Waals surface area (Å²) in [6.45, 7) is 8.68. The molecule has 0 aliphatic heterocycles. The quantitative estimate of drug-likeness (QED) is 0.230. The number of hydrogen-bond donors (Lipinski definition) is 1. The Morgan fingerprint density at radius 3 is 2.35 bits per heavy atom. The molecule has 3 rings (SSSR count). The molecule has 2 aromatic rings. The van der Waals surface area contributed by atoms with Crippen LogP contribution < -0.4 is 15.1 Å².